The third-order valence-corrected chi connectivity index (χ3v) is 3.12. The van der Waals surface area contributed by atoms with Crippen LogP contribution in [0.3, 0.4) is 0 Å². The standard InChI is InChI=1S/C12H21N5O2/c1-6(2)10(11(13)16-19)14-12(18)9-7(3)15-17(5)8(9)4/h6,10,19H,1-5H3,(H2,13,16)(H,14,18). The lowest BCUT2D eigenvalue weighted by Crippen LogP contribution is -2.48. The van der Waals surface area contributed by atoms with E-state index >= 15 is 0 Å². The van der Waals surface area contributed by atoms with Gasteiger partial charge in [0.05, 0.1) is 17.3 Å². The summed E-state index contributed by atoms with van der Waals surface area (Å²) in [5.74, 6) is -0.270. The molecule has 0 spiro atoms. The molecule has 0 saturated heterocycles. The monoisotopic (exact) mass is 267 g/mol. The number of aromatic nitrogens is 2. The molecule has 0 bridgehead atoms. The van der Waals surface area contributed by atoms with Crippen LogP contribution in [-0.4, -0.2) is 32.8 Å². The number of carbonyl (C=O) groups is 1. The van der Waals surface area contributed by atoms with Crippen LogP contribution in [0.1, 0.15) is 35.6 Å². The van der Waals surface area contributed by atoms with Crippen molar-refractivity contribution in [3.05, 3.63) is 17.0 Å². The largest absolute Gasteiger partial charge is 0.409 e. The van der Waals surface area contributed by atoms with E-state index in [1.807, 2.05) is 20.8 Å². The molecule has 0 aliphatic rings. The average molecular weight is 267 g/mol. The Bertz CT molecular complexity index is 504. The number of amides is 1. The van der Waals surface area contributed by atoms with Crippen molar-refractivity contribution in [3.63, 3.8) is 0 Å². The molecule has 19 heavy (non-hydrogen) atoms. The summed E-state index contributed by atoms with van der Waals surface area (Å²) in [7, 11) is 1.78. The van der Waals surface area contributed by atoms with Gasteiger partial charge in [-0.2, -0.15) is 5.10 Å². The highest BCUT2D eigenvalue weighted by Crippen LogP contribution is 2.13. The number of oxime groups is 1. The molecule has 1 heterocycles. The van der Waals surface area contributed by atoms with Gasteiger partial charge in [-0.3, -0.25) is 9.48 Å². The van der Waals surface area contributed by atoms with E-state index in [1.54, 1.807) is 18.7 Å². The molecular weight excluding hydrogens is 246 g/mol. The van der Waals surface area contributed by atoms with Crippen LogP contribution in [0.4, 0.5) is 0 Å². The Morgan fingerprint density at radius 3 is 2.42 bits per heavy atom. The highest BCUT2D eigenvalue weighted by atomic mass is 16.4. The van der Waals surface area contributed by atoms with E-state index in [1.165, 1.54) is 0 Å². The van der Waals surface area contributed by atoms with Crippen LogP contribution < -0.4 is 11.1 Å². The first kappa shape index (κ1) is 15.0. The fraction of sp³-hybridized carbons (Fsp3) is 0.583. The Hall–Kier alpha value is -2.05. The fourth-order valence-electron chi connectivity index (χ4n) is 1.96. The van der Waals surface area contributed by atoms with Gasteiger partial charge in [0, 0.05) is 12.7 Å². The lowest BCUT2D eigenvalue weighted by molar-refractivity contribution is 0.0937. The molecule has 0 aliphatic carbocycles. The van der Waals surface area contributed by atoms with E-state index in [-0.39, 0.29) is 17.7 Å². The number of hydrogen-bond donors (Lipinski definition) is 3. The van der Waals surface area contributed by atoms with Crippen molar-refractivity contribution >= 4 is 11.7 Å². The molecule has 1 atom stereocenters. The van der Waals surface area contributed by atoms with Gasteiger partial charge < -0.3 is 16.3 Å². The van der Waals surface area contributed by atoms with Gasteiger partial charge in [0.2, 0.25) is 0 Å². The molecule has 4 N–H and O–H groups in total. The maximum atomic E-state index is 12.3. The Balaban J connectivity index is 3.01. The highest BCUT2D eigenvalue weighted by Gasteiger charge is 2.24. The molecular formula is C12H21N5O2. The Labute approximate surface area is 112 Å². The van der Waals surface area contributed by atoms with Crippen LogP contribution in [-0.2, 0) is 7.05 Å². The summed E-state index contributed by atoms with van der Waals surface area (Å²) >= 11 is 0. The number of rotatable bonds is 4. The first-order valence-electron chi connectivity index (χ1n) is 6.08. The van der Waals surface area contributed by atoms with Crippen molar-refractivity contribution < 1.29 is 10.0 Å². The second kappa shape index (κ2) is 5.73. The second-order valence-corrected chi connectivity index (χ2v) is 4.89. The molecule has 0 fully saturated rings. The van der Waals surface area contributed by atoms with Crippen molar-refractivity contribution in [2.24, 2.45) is 23.9 Å². The van der Waals surface area contributed by atoms with Crippen LogP contribution in [0.2, 0.25) is 0 Å². The molecule has 7 heteroatoms. The van der Waals surface area contributed by atoms with Gasteiger partial charge in [-0.25, -0.2) is 0 Å². The minimum absolute atomic E-state index is 0.0112. The summed E-state index contributed by atoms with van der Waals surface area (Å²) in [5.41, 5.74) is 7.54. The summed E-state index contributed by atoms with van der Waals surface area (Å²) in [4.78, 5) is 12.3. The van der Waals surface area contributed by atoms with E-state index in [2.05, 4.69) is 15.6 Å². The smallest absolute Gasteiger partial charge is 0.255 e. The minimum atomic E-state index is -0.517. The van der Waals surface area contributed by atoms with Crippen molar-refractivity contribution in [2.45, 2.75) is 33.7 Å². The normalized spacial score (nSPS) is 13.7. The maximum Gasteiger partial charge on any atom is 0.255 e. The van der Waals surface area contributed by atoms with Crippen LogP contribution >= 0.6 is 0 Å². The predicted octanol–water partition coefficient (Wildman–Crippen LogP) is 0.538. The number of nitrogens with one attached hydrogen (secondary N) is 1. The van der Waals surface area contributed by atoms with Gasteiger partial charge >= 0.3 is 0 Å². The summed E-state index contributed by atoms with van der Waals surface area (Å²) in [6.07, 6.45) is 0. The van der Waals surface area contributed by atoms with Gasteiger partial charge in [-0.1, -0.05) is 19.0 Å². The predicted molar refractivity (Wildman–Crippen MR) is 72.2 cm³/mol. The Kier molecular flexibility index (Phi) is 4.52. The van der Waals surface area contributed by atoms with Crippen LogP contribution in [0.15, 0.2) is 5.16 Å². The number of nitrogens with zero attached hydrogens (tertiary/aromatic N) is 3. The zero-order valence-electron chi connectivity index (χ0n) is 11.9. The van der Waals surface area contributed by atoms with Gasteiger partial charge in [-0.05, 0) is 19.8 Å². The summed E-state index contributed by atoms with van der Waals surface area (Å²) in [5, 5.41) is 18.7. The molecule has 0 saturated carbocycles. The number of aryl methyl sites for hydroxylation is 2. The Morgan fingerprint density at radius 2 is 2.05 bits per heavy atom. The van der Waals surface area contributed by atoms with Gasteiger partial charge in [0.15, 0.2) is 5.84 Å². The van der Waals surface area contributed by atoms with Crippen molar-refractivity contribution in [2.75, 3.05) is 0 Å². The molecule has 1 rings (SSSR count). The molecule has 1 amide bonds. The van der Waals surface area contributed by atoms with Crippen LogP contribution in [0.25, 0.3) is 0 Å². The van der Waals surface area contributed by atoms with E-state index in [0.29, 0.717) is 11.3 Å². The molecule has 1 aromatic heterocycles. The molecule has 0 aliphatic heterocycles. The van der Waals surface area contributed by atoms with Gasteiger partial charge in [0.1, 0.15) is 0 Å². The fourth-order valence-corrected chi connectivity index (χ4v) is 1.96. The minimum Gasteiger partial charge on any atom is -0.409 e. The second-order valence-electron chi connectivity index (χ2n) is 4.89. The van der Waals surface area contributed by atoms with E-state index in [9.17, 15) is 4.79 Å². The quantitative estimate of drug-likeness (QED) is 0.320. The number of hydrogen-bond acceptors (Lipinski definition) is 4. The first-order chi connectivity index (χ1) is 8.79. The van der Waals surface area contributed by atoms with Crippen molar-refractivity contribution in [1.82, 2.24) is 15.1 Å². The van der Waals surface area contributed by atoms with Crippen molar-refractivity contribution in [3.8, 4) is 0 Å². The van der Waals surface area contributed by atoms with Crippen LogP contribution in [0, 0.1) is 19.8 Å². The summed E-state index contributed by atoms with van der Waals surface area (Å²) < 4.78 is 1.65. The van der Waals surface area contributed by atoms with E-state index in [0.717, 1.165) is 5.69 Å². The molecule has 1 unspecified atom stereocenters. The maximum absolute atomic E-state index is 12.3. The van der Waals surface area contributed by atoms with E-state index in [4.69, 9.17) is 10.9 Å². The molecule has 106 valence electrons. The van der Waals surface area contributed by atoms with E-state index < -0.39 is 6.04 Å². The Morgan fingerprint density at radius 1 is 1.47 bits per heavy atom. The topological polar surface area (TPSA) is 106 Å². The summed E-state index contributed by atoms with van der Waals surface area (Å²) in [6.45, 7) is 7.36. The lowest BCUT2D eigenvalue weighted by atomic mass is 10.0. The molecule has 0 radical (unpaired) electrons. The zero-order valence-corrected chi connectivity index (χ0v) is 11.9. The zero-order chi connectivity index (χ0) is 14.7. The lowest BCUT2D eigenvalue weighted by Gasteiger charge is -2.20. The van der Waals surface area contributed by atoms with Crippen LogP contribution in [0.5, 0.6) is 0 Å². The molecule has 7 nitrogen and oxygen atoms in total. The first-order valence-corrected chi connectivity index (χ1v) is 6.08. The number of carbonyl (C=O) groups excluding carboxylic acids is 1. The highest BCUT2D eigenvalue weighted by molar-refractivity contribution is 5.99. The third-order valence-electron chi connectivity index (χ3n) is 3.12. The van der Waals surface area contributed by atoms with Gasteiger partial charge in [0.25, 0.3) is 5.91 Å². The van der Waals surface area contributed by atoms with Crippen molar-refractivity contribution in [1.29, 1.82) is 0 Å². The summed E-state index contributed by atoms with van der Waals surface area (Å²) in [6, 6.07) is -0.517. The van der Waals surface area contributed by atoms with Gasteiger partial charge in [-0.15, -0.1) is 0 Å². The third kappa shape index (κ3) is 3.04. The number of amidine groups is 1. The SMILES string of the molecule is Cc1nn(C)c(C)c1C(=O)NC(C(N)=NO)C(C)C. The molecule has 1 aromatic rings. The number of nitrogens with two attached hydrogens (primary N) is 1. The molecule has 0 aromatic carbocycles. The average Bonchev–Trinajstić information content (AvgIpc) is 2.58.